The number of hydrogen-bond donors (Lipinski definition) is 2. The quantitative estimate of drug-likeness (QED) is 0.576. The van der Waals surface area contributed by atoms with Gasteiger partial charge in [0.05, 0.1) is 5.75 Å². The minimum atomic E-state index is -0.0911. The lowest BCUT2D eigenvalue weighted by Gasteiger charge is -2.05. The van der Waals surface area contributed by atoms with Crippen LogP contribution >= 0.6 is 11.8 Å². The van der Waals surface area contributed by atoms with Crippen molar-refractivity contribution in [3.8, 4) is 5.75 Å². The van der Waals surface area contributed by atoms with Gasteiger partial charge in [-0.15, -0.1) is 5.10 Å². The molecule has 3 rings (SSSR count). The highest BCUT2D eigenvalue weighted by atomic mass is 32.2. The van der Waals surface area contributed by atoms with E-state index in [9.17, 15) is 4.79 Å². The lowest BCUT2D eigenvalue weighted by Crippen LogP contribution is -2.14. The summed E-state index contributed by atoms with van der Waals surface area (Å²) < 4.78 is 5.69. The number of H-pyrrole nitrogens is 1. The van der Waals surface area contributed by atoms with E-state index in [1.165, 1.54) is 17.3 Å². The van der Waals surface area contributed by atoms with Gasteiger partial charge in [0.15, 0.2) is 5.82 Å². The molecule has 0 fully saturated rings. The molecule has 140 valence electrons. The first-order chi connectivity index (χ1) is 13.1. The normalized spacial score (nSPS) is 10.6. The van der Waals surface area contributed by atoms with Gasteiger partial charge in [0.1, 0.15) is 12.4 Å². The van der Waals surface area contributed by atoms with E-state index in [4.69, 9.17) is 4.74 Å². The lowest BCUT2D eigenvalue weighted by atomic mass is 10.1. The zero-order valence-corrected chi connectivity index (χ0v) is 16.2. The van der Waals surface area contributed by atoms with Crippen molar-refractivity contribution in [3.05, 3.63) is 65.5 Å². The molecule has 0 aliphatic heterocycles. The van der Waals surface area contributed by atoms with Gasteiger partial charge >= 0.3 is 0 Å². The summed E-state index contributed by atoms with van der Waals surface area (Å²) in [4.78, 5) is 16.4. The second-order valence-corrected chi connectivity index (χ2v) is 7.00. The van der Waals surface area contributed by atoms with Crippen molar-refractivity contribution >= 4 is 23.4 Å². The number of thioether (sulfide) groups is 1. The number of hydrogen-bond acceptors (Lipinski definition) is 5. The zero-order valence-electron chi connectivity index (χ0n) is 15.4. The monoisotopic (exact) mass is 382 g/mol. The summed E-state index contributed by atoms with van der Waals surface area (Å²) >= 11 is 1.28. The highest BCUT2D eigenvalue weighted by Gasteiger charge is 2.09. The first kappa shape index (κ1) is 19.0. The summed E-state index contributed by atoms with van der Waals surface area (Å²) in [6.07, 6.45) is 0.977. The average Bonchev–Trinajstić information content (AvgIpc) is 3.13. The zero-order chi connectivity index (χ0) is 19.1. The van der Waals surface area contributed by atoms with E-state index < -0.39 is 0 Å². The van der Waals surface area contributed by atoms with Crippen molar-refractivity contribution in [2.45, 2.75) is 32.0 Å². The maximum absolute atomic E-state index is 12.1. The minimum Gasteiger partial charge on any atom is -0.486 e. The molecule has 0 bridgehead atoms. The van der Waals surface area contributed by atoms with Gasteiger partial charge in [0, 0.05) is 5.69 Å². The molecule has 0 aliphatic rings. The largest absolute Gasteiger partial charge is 0.486 e. The predicted octanol–water partition coefficient (Wildman–Crippen LogP) is 3.99. The summed E-state index contributed by atoms with van der Waals surface area (Å²) in [5, 5.41) is 10.3. The van der Waals surface area contributed by atoms with E-state index in [1.54, 1.807) is 0 Å². The molecule has 0 saturated heterocycles. The fourth-order valence-corrected chi connectivity index (χ4v) is 3.03. The molecular weight excluding hydrogens is 360 g/mol. The van der Waals surface area contributed by atoms with Crippen molar-refractivity contribution in [2.75, 3.05) is 11.1 Å². The summed E-state index contributed by atoms with van der Waals surface area (Å²) in [5.41, 5.74) is 3.17. The van der Waals surface area contributed by atoms with Crippen molar-refractivity contribution in [1.29, 1.82) is 0 Å². The molecule has 2 N–H and O–H groups in total. The van der Waals surface area contributed by atoms with E-state index in [0.717, 1.165) is 23.4 Å². The van der Waals surface area contributed by atoms with Crippen molar-refractivity contribution in [2.24, 2.45) is 0 Å². The van der Waals surface area contributed by atoms with Gasteiger partial charge < -0.3 is 10.1 Å². The third-order valence-corrected chi connectivity index (χ3v) is 4.70. The molecule has 27 heavy (non-hydrogen) atoms. The number of nitrogens with one attached hydrogen (secondary N) is 2. The molecule has 0 spiro atoms. The van der Waals surface area contributed by atoms with E-state index in [-0.39, 0.29) is 11.7 Å². The smallest absolute Gasteiger partial charge is 0.234 e. The molecule has 1 aromatic heterocycles. The van der Waals surface area contributed by atoms with E-state index in [1.807, 2.05) is 55.5 Å². The van der Waals surface area contributed by atoms with Gasteiger partial charge in [-0.2, -0.15) is 0 Å². The SMILES string of the molecule is CCc1ccc(NC(=O)CSc2n[nH]c(COc3cccc(C)c3)n2)cc1. The minimum absolute atomic E-state index is 0.0911. The van der Waals surface area contributed by atoms with Crippen LogP contribution in [0, 0.1) is 6.92 Å². The number of carbonyl (C=O) groups is 1. The Morgan fingerprint density at radius 2 is 2.04 bits per heavy atom. The van der Waals surface area contributed by atoms with Crippen LogP contribution in [0.4, 0.5) is 5.69 Å². The maximum Gasteiger partial charge on any atom is 0.234 e. The predicted molar refractivity (Wildman–Crippen MR) is 107 cm³/mol. The van der Waals surface area contributed by atoms with E-state index in [2.05, 4.69) is 27.4 Å². The molecule has 3 aromatic rings. The molecular formula is C20H22N4O2S. The third kappa shape index (κ3) is 5.86. The van der Waals surface area contributed by atoms with Crippen molar-refractivity contribution < 1.29 is 9.53 Å². The van der Waals surface area contributed by atoms with Crippen LogP contribution in [0.25, 0.3) is 0 Å². The number of anilines is 1. The first-order valence-electron chi connectivity index (χ1n) is 8.74. The Hall–Kier alpha value is -2.80. The van der Waals surface area contributed by atoms with Crippen LogP contribution in [0.15, 0.2) is 53.7 Å². The van der Waals surface area contributed by atoms with E-state index >= 15 is 0 Å². The molecule has 0 aliphatic carbocycles. The summed E-state index contributed by atoms with van der Waals surface area (Å²) in [6, 6.07) is 15.7. The summed E-state index contributed by atoms with van der Waals surface area (Å²) in [6.45, 7) is 4.41. The Kier molecular flexibility index (Phi) is 6.49. The average molecular weight is 382 g/mol. The van der Waals surface area contributed by atoms with Gasteiger partial charge in [0.25, 0.3) is 0 Å². The van der Waals surface area contributed by atoms with Crippen molar-refractivity contribution in [1.82, 2.24) is 15.2 Å². The maximum atomic E-state index is 12.1. The van der Waals surface area contributed by atoms with Crippen molar-refractivity contribution in [3.63, 3.8) is 0 Å². The molecule has 0 saturated carbocycles. The summed E-state index contributed by atoms with van der Waals surface area (Å²) in [7, 11) is 0. The van der Waals surface area contributed by atoms with Gasteiger partial charge in [-0.1, -0.05) is 43.0 Å². The number of rotatable bonds is 8. The Labute approximate surface area is 162 Å². The number of amides is 1. The van der Waals surface area contributed by atoms with Crippen LogP contribution in [-0.4, -0.2) is 26.8 Å². The van der Waals surface area contributed by atoms with Gasteiger partial charge in [0.2, 0.25) is 11.1 Å². The fourth-order valence-electron chi connectivity index (χ4n) is 2.41. The number of aryl methyl sites for hydroxylation is 2. The van der Waals surface area contributed by atoms with Crippen LogP contribution < -0.4 is 10.1 Å². The topological polar surface area (TPSA) is 79.9 Å². The standard InChI is InChI=1S/C20H22N4O2S/c1-3-15-7-9-16(10-8-15)21-19(25)13-27-20-22-18(23-24-20)12-26-17-6-4-5-14(2)11-17/h4-11H,3,12-13H2,1-2H3,(H,21,25)(H,22,23,24). The number of nitrogens with zero attached hydrogens (tertiary/aromatic N) is 2. The van der Waals surface area contributed by atoms with Gasteiger partial charge in [-0.3, -0.25) is 9.89 Å². The second-order valence-electron chi connectivity index (χ2n) is 6.06. The Morgan fingerprint density at radius 3 is 2.78 bits per heavy atom. The lowest BCUT2D eigenvalue weighted by molar-refractivity contribution is -0.113. The van der Waals surface area contributed by atoms with Crippen LogP contribution in [0.1, 0.15) is 23.9 Å². The molecule has 6 nitrogen and oxygen atoms in total. The number of ether oxygens (including phenoxy) is 1. The van der Waals surface area contributed by atoms with Crippen LogP contribution in [-0.2, 0) is 17.8 Å². The number of aromatic amines is 1. The molecule has 1 heterocycles. The molecule has 1 amide bonds. The molecule has 7 heteroatoms. The van der Waals surface area contributed by atoms with Crippen LogP contribution in [0.3, 0.4) is 0 Å². The molecule has 0 atom stereocenters. The fraction of sp³-hybridized carbons (Fsp3) is 0.250. The molecule has 0 radical (unpaired) electrons. The Balaban J connectivity index is 1.45. The Bertz CT molecular complexity index is 893. The van der Waals surface area contributed by atoms with E-state index in [0.29, 0.717) is 17.6 Å². The third-order valence-electron chi connectivity index (χ3n) is 3.85. The first-order valence-corrected chi connectivity index (χ1v) is 9.73. The molecule has 2 aromatic carbocycles. The summed E-state index contributed by atoms with van der Waals surface area (Å²) in [5.74, 6) is 1.56. The molecule has 0 unspecified atom stereocenters. The second kappa shape index (κ2) is 9.23. The van der Waals surface area contributed by atoms with Crippen LogP contribution in [0.2, 0.25) is 0 Å². The highest BCUT2D eigenvalue weighted by Crippen LogP contribution is 2.16. The van der Waals surface area contributed by atoms with Crippen LogP contribution in [0.5, 0.6) is 5.75 Å². The number of aromatic nitrogens is 3. The number of carbonyl (C=O) groups excluding carboxylic acids is 1. The van der Waals surface area contributed by atoms with Gasteiger partial charge in [-0.05, 0) is 48.7 Å². The highest BCUT2D eigenvalue weighted by molar-refractivity contribution is 7.99. The Morgan fingerprint density at radius 1 is 1.22 bits per heavy atom. The van der Waals surface area contributed by atoms with Gasteiger partial charge in [-0.25, -0.2) is 4.98 Å². The number of benzene rings is 2.